The zero-order valence-electron chi connectivity index (χ0n) is 11.0. The molecule has 1 aromatic carbocycles. The molecule has 2 rings (SSSR count). The van der Waals surface area contributed by atoms with Crippen LogP contribution in [0.2, 0.25) is 0 Å². The van der Waals surface area contributed by atoms with Crippen LogP contribution < -0.4 is 10.0 Å². The highest BCUT2D eigenvalue weighted by Gasteiger charge is 2.24. The second-order valence-corrected chi connectivity index (χ2v) is 6.26. The molecule has 20 heavy (non-hydrogen) atoms. The summed E-state index contributed by atoms with van der Waals surface area (Å²) < 4.78 is 39.5. The molecule has 1 aromatic heterocycles. The zero-order valence-corrected chi connectivity index (χ0v) is 11.9. The van der Waals surface area contributed by atoms with Crippen molar-refractivity contribution < 1.29 is 12.8 Å². The first kappa shape index (κ1) is 14.3. The Morgan fingerprint density at radius 1 is 1.35 bits per heavy atom. The molecule has 0 amide bonds. The number of aryl methyl sites for hydroxylation is 1. The second-order valence-electron chi connectivity index (χ2n) is 4.32. The lowest BCUT2D eigenvalue weighted by atomic mass is 10.2. The van der Waals surface area contributed by atoms with E-state index < -0.39 is 15.8 Å². The number of benzene rings is 1. The summed E-state index contributed by atoms with van der Waals surface area (Å²) in [6.07, 6.45) is 2.98. The summed E-state index contributed by atoms with van der Waals surface area (Å²) >= 11 is 0. The van der Waals surface area contributed by atoms with Crippen LogP contribution in [0.4, 0.5) is 15.8 Å². The highest BCUT2D eigenvalue weighted by Crippen LogP contribution is 2.26. The maximum Gasteiger partial charge on any atom is 0.264 e. The first-order valence-corrected chi connectivity index (χ1v) is 7.22. The largest absolute Gasteiger partial charge is 0.396 e. The first-order valence-electron chi connectivity index (χ1n) is 5.78. The zero-order chi connectivity index (χ0) is 14.9. The Morgan fingerprint density at radius 2 is 2.05 bits per heavy atom. The van der Waals surface area contributed by atoms with E-state index in [9.17, 15) is 12.8 Å². The van der Waals surface area contributed by atoms with Crippen molar-refractivity contribution in [2.24, 2.45) is 0 Å². The molecule has 0 radical (unpaired) electrons. The van der Waals surface area contributed by atoms with Crippen molar-refractivity contribution in [2.75, 3.05) is 17.1 Å². The molecule has 5 nitrogen and oxygen atoms in total. The van der Waals surface area contributed by atoms with Gasteiger partial charge in [0.2, 0.25) is 0 Å². The number of nitrogen functional groups attached to an aromatic ring is 1. The molecule has 0 unspecified atom stereocenters. The van der Waals surface area contributed by atoms with Gasteiger partial charge in [-0.25, -0.2) is 12.8 Å². The summed E-state index contributed by atoms with van der Waals surface area (Å²) in [5, 5.41) is 0. The maximum atomic E-state index is 13.3. The van der Waals surface area contributed by atoms with Crippen molar-refractivity contribution in [2.45, 2.75) is 11.8 Å². The van der Waals surface area contributed by atoms with Gasteiger partial charge < -0.3 is 5.73 Å². The molecule has 0 fully saturated rings. The molecule has 1 heterocycles. The fourth-order valence-electron chi connectivity index (χ4n) is 1.77. The minimum absolute atomic E-state index is 0.0252. The summed E-state index contributed by atoms with van der Waals surface area (Å²) in [6.45, 7) is 1.52. The van der Waals surface area contributed by atoms with Crippen LogP contribution in [0.5, 0.6) is 0 Å². The van der Waals surface area contributed by atoms with Gasteiger partial charge in [0.25, 0.3) is 10.0 Å². The predicted octanol–water partition coefficient (Wildman–Crippen LogP) is 1.94. The normalized spacial score (nSPS) is 11.3. The van der Waals surface area contributed by atoms with Crippen molar-refractivity contribution in [3.05, 3.63) is 48.0 Å². The number of nitrogens with two attached hydrogens (primary N) is 1. The van der Waals surface area contributed by atoms with E-state index in [1.54, 1.807) is 18.3 Å². The topological polar surface area (TPSA) is 76.3 Å². The molecule has 0 bridgehead atoms. The minimum atomic E-state index is -3.82. The van der Waals surface area contributed by atoms with E-state index in [0.717, 1.165) is 16.4 Å². The Labute approximate surface area is 116 Å². The van der Waals surface area contributed by atoms with Gasteiger partial charge in [-0.1, -0.05) is 0 Å². The molecular weight excluding hydrogens is 281 g/mol. The summed E-state index contributed by atoms with van der Waals surface area (Å²) in [6, 6.07) is 5.49. The fraction of sp³-hybridized carbons (Fsp3) is 0.154. The third-order valence-corrected chi connectivity index (χ3v) is 4.87. The highest BCUT2D eigenvalue weighted by molar-refractivity contribution is 7.92. The van der Waals surface area contributed by atoms with Crippen molar-refractivity contribution in [1.82, 2.24) is 4.98 Å². The van der Waals surface area contributed by atoms with Crippen LogP contribution in [0, 0.1) is 12.7 Å². The van der Waals surface area contributed by atoms with Crippen LogP contribution in [0.3, 0.4) is 0 Å². The van der Waals surface area contributed by atoms with E-state index in [1.165, 1.54) is 20.2 Å². The van der Waals surface area contributed by atoms with E-state index in [-0.39, 0.29) is 10.6 Å². The SMILES string of the molecule is Cc1cc(F)c(N)cc1S(=O)(=O)N(C)c1cccnc1. The average molecular weight is 295 g/mol. The molecule has 106 valence electrons. The Morgan fingerprint density at radius 3 is 2.65 bits per heavy atom. The van der Waals surface area contributed by atoms with Gasteiger partial charge in [0, 0.05) is 13.2 Å². The molecule has 2 N–H and O–H groups in total. The quantitative estimate of drug-likeness (QED) is 0.878. The van der Waals surface area contributed by atoms with Crippen LogP contribution in [0.1, 0.15) is 5.56 Å². The van der Waals surface area contributed by atoms with Crippen LogP contribution in [-0.2, 0) is 10.0 Å². The lowest BCUT2D eigenvalue weighted by Gasteiger charge is -2.20. The first-order chi connectivity index (χ1) is 9.34. The Hall–Kier alpha value is -2.15. The van der Waals surface area contributed by atoms with E-state index in [4.69, 9.17) is 5.73 Å². The Balaban J connectivity index is 2.54. The van der Waals surface area contributed by atoms with Gasteiger partial charge in [0.05, 0.1) is 22.5 Å². The van der Waals surface area contributed by atoms with Crippen molar-refractivity contribution in [3.63, 3.8) is 0 Å². The molecule has 2 aromatic rings. The lowest BCUT2D eigenvalue weighted by Crippen LogP contribution is -2.27. The van der Waals surface area contributed by atoms with Gasteiger partial charge in [0.15, 0.2) is 0 Å². The van der Waals surface area contributed by atoms with E-state index in [2.05, 4.69) is 4.98 Å². The van der Waals surface area contributed by atoms with E-state index in [1.807, 2.05) is 0 Å². The number of nitrogens with zero attached hydrogens (tertiary/aromatic N) is 2. The number of anilines is 2. The monoisotopic (exact) mass is 295 g/mol. The average Bonchev–Trinajstić information content (AvgIpc) is 2.42. The molecule has 0 saturated heterocycles. The van der Waals surface area contributed by atoms with E-state index in [0.29, 0.717) is 11.3 Å². The third-order valence-electron chi connectivity index (χ3n) is 2.94. The lowest BCUT2D eigenvalue weighted by molar-refractivity contribution is 0.592. The maximum absolute atomic E-state index is 13.3. The summed E-state index contributed by atoms with van der Waals surface area (Å²) in [7, 11) is -2.41. The van der Waals surface area contributed by atoms with Gasteiger partial charge in [-0.2, -0.15) is 0 Å². The van der Waals surface area contributed by atoms with E-state index >= 15 is 0 Å². The van der Waals surface area contributed by atoms with Crippen LogP contribution in [-0.4, -0.2) is 20.4 Å². The van der Waals surface area contributed by atoms with Gasteiger partial charge in [-0.15, -0.1) is 0 Å². The molecular formula is C13H14FN3O2S. The molecule has 0 spiro atoms. The summed E-state index contributed by atoms with van der Waals surface area (Å²) in [5.41, 5.74) is 5.96. The number of sulfonamides is 1. The van der Waals surface area contributed by atoms with Gasteiger partial charge in [0.1, 0.15) is 5.82 Å². The molecule has 0 aliphatic carbocycles. The number of hydrogen-bond acceptors (Lipinski definition) is 4. The van der Waals surface area contributed by atoms with Gasteiger partial charge in [-0.05, 0) is 36.8 Å². The standard InChI is InChI=1S/C13H14FN3O2S/c1-9-6-11(14)12(15)7-13(9)20(18,19)17(2)10-4-3-5-16-8-10/h3-8H,15H2,1-2H3. The Kier molecular flexibility index (Phi) is 3.63. The van der Waals surface area contributed by atoms with Crippen molar-refractivity contribution >= 4 is 21.4 Å². The van der Waals surface area contributed by atoms with Crippen molar-refractivity contribution in [3.8, 4) is 0 Å². The number of halogens is 1. The summed E-state index contributed by atoms with van der Waals surface area (Å²) in [4.78, 5) is 3.85. The number of hydrogen-bond donors (Lipinski definition) is 1. The third kappa shape index (κ3) is 2.44. The second kappa shape index (κ2) is 5.09. The molecule has 0 saturated carbocycles. The van der Waals surface area contributed by atoms with Crippen LogP contribution >= 0.6 is 0 Å². The minimum Gasteiger partial charge on any atom is -0.396 e. The van der Waals surface area contributed by atoms with Crippen LogP contribution in [0.15, 0.2) is 41.6 Å². The fourth-order valence-corrected chi connectivity index (χ4v) is 3.20. The van der Waals surface area contributed by atoms with Gasteiger partial charge >= 0.3 is 0 Å². The van der Waals surface area contributed by atoms with Crippen LogP contribution in [0.25, 0.3) is 0 Å². The molecule has 0 aliphatic rings. The number of aromatic nitrogens is 1. The molecule has 0 atom stereocenters. The molecule has 0 aliphatic heterocycles. The molecule has 7 heteroatoms. The number of pyridine rings is 1. The Bertz CT molecular complexity index is 733. The highest BCUT2D eigenvalue weighted by atomic mass is 32.2. The van der Waals surface area contributed by atoms with Crippen molar-refractivity contribution in [1.29, 1.82) is 0 Å². The number of rotatable bonds is 3. The predicted molar refractivity (Wildman–Crippen MR) is 75.4 cm³/mol. The summed E-state index contributed by atoms with van der Waals surface area (Å²) in [5.74, 6) is -0.634. The smallest absolute Gasteiger partial charge is 0.264 e. The van der Waals surface area contributed by atoms with Gasteiger partial charge in [-0.3, -0.25) is 9.29 Å².